The van der Waals surface area contributed by atoms with E-state index in [1.165, 1.54) is 16.4 Å². The number of nitrogens with two attached hydrogens (primary N) is 1. The summed E-state index contributed by atoms with van der Waals surface area (Å²) in [4.78, 5) is 20.2. The number of hydrogen-bond acceptors (Lipinski definition) is 7. The molecule has 2 aliphatic rings. The van der Waals surface area contributed by atoms with Crippen molar-refractivity contribution in [2.75, 3.05) is 31.1 Å². The fraction of sp³-hybridized carbons (Fsp3) is 0.556. The van der Waals surface area contributed by atoms with Crippen LogP contribution in [0.1, 0.15) is 57.8 Å². The summed E-state index contributed by atoms with van der Waals surface area (Å²) in [5.74, 6) is 0.134. The molecular formula is C27H38FN5O4S. The molecule has 1 amide bonds. The second-order valence-electron chi connectivity index (χ2n) is 11.5. The van der Waals surface area contributed by atoms with E-state index in [4.69, 9.17) is 15.5 Å². The van der Waals surface area contributed by atoms with Crippen molar-refractivity contribution in [3.05, 3.63) is 41.7 Å². The molecule has 38 heavy (non-hydrogen) atoms. The number of nitrogens with zero attached hydrogens (tertiary/aromatic N) is 3. The molecule has 0 radical (unpaired) electrons. The van der Waals surface area contributed by atoms with Gasteiger partial charge in [-0.1, -0.05) is 20.8 Å². The van der Waals surface area contributed by atoms with Gasteiger partial charge in [0.25, 0.3) is 5.91 Å². The Morgan fingerprint density at radius 2 is 2.00 bits per heavy atom. The van der Waals surface area contributed by atoms with E-state index in [0.717, 1.165) is 6.42 Å². The summed E-state index contributed by atoms with van der Waals surface area (Å²) >= 11 is 0. The highest BCUT2D eigenvalue weighted by molar-refractivity contribution is 7.87. The molecule has 1 aromatic carbocycles. The molecule has 2 aliphatic heterocycles. The summed E-state index contributed by atoms with van der Waals surface area (Å²) in [6.07, 6.45) is 1.41. The largest absolute Gasteiger partial charge is 0.493 e. The maximum atomic E-state index is 14.5. The number of amides is 1. The van der Waals surface area contributed by atoms with Gasteiger partial charge >= 0.3 is 10.2 Å². The highest BCUT2D eigenvalue weighted by atomic mass is 32.2. The Bertz CT molecular complexity index is 1300. The molecule has 3 N–H and O–H groups in total. The van der Waals surface area contributed by atoms with Crippen molar-refractivity contribution in [1.29, 1.82) is 0 Å². The number of nitrogens with one attached hydrogen (secondary N) is 1. The van der Waals surface area contributed by atoms with Crippen LogP contribution in [0, 0.1) is 17.7 Å². The molecule has 0 aliphatic carbocycles. The smallest absolute Gasteiger partial charge is 0.304 e. The number of anilines is 1. The molecule has 1 unspecified atom stereocenters. The molecule has 3 heterocycles. The molecule has 2 saturated heterocycles. The van der Waals surface area contributed by atoms with Crippen LogP contribution in [0.25, 0.3) is 11.3 Å². The lowest BCUT2D eigenvalue weighted by atomic mass is 9.97. The van der Waals surface area contributed by atoms with Crippen LogP contribution < -0.4 is 20.1 Å². The zero-order valence-corrected chi connectivity index (χ0v) is 23.5. The molecule has 0 spiro atoms. The fourth-order valence-corrected chi connectivity index (χ4v) is 6.42. The minimum atomic E-state index is -4.07. The van der Waals surface area contributed by atoms with Crippen molar-refractivity contribution in [2.24, 2.45) is 17.6 Å². The van der Waals surface area contributed by atoms with E-state index in [1.807, 2.05) is 18.7 Å². The Labute approximate surface area is 224 Å². The number of pyridine rings is 1. The number of hydrogen-bond donors (Lipinski definition) is 2. The summed E-state index contributed by atoms with van der Waals surface area (Å²) < 4.78 is 49.4. The minimum absolute atomic E-state index is 0.135. The Morgan fingerprint density at radius 3 is 2.61 bits per heavy atom. The summed E-state index contributed by atoms with van der Waals surface area (Å²) in [5.41, 5.74) is 6.63. The van der Waals surface area contributed by atoms with Crippen LogP contribution in [-0.4, -0.2) is 61.4 Å². The van der Waals surface area contributed by atoms with Crippen LogP contribution >= 0.6 is 0 Å². The zero-order chi connectivity index (χ0) is 27.8. The molecule has 2 atom stereocenters. The molecule has 9 nitrogen and oxygen atoms in total. The maximum absolute atomic E-state index is 14.5. The summed E-state index contributed by atoms with van der Waals surface area (Å²) in [6.45, 7) is 11.8. The van der Waals surface area contributed by atoms with Gasteiger partial charge in [-0.15, -0.1) is 0 Å². The van der Waals surface area contributed by atoms with Gasteiger partial charge in [0, 0.05) is 42.8 Å². The van der Waals surface area contributed by atoms with Crippen molar-refractivity contribution >= 4 is 21.9 Å². The average Bonchev–Trinajstić information content (AvgIpc) is 3.38. The van der Waals surface area contributed by atoms with Gasteiger partial charge in [-0.2, -0.15) is 12.7 Å². The first-order chi connectivity index (χ1) is 17.7. The van der Waals surface area contributed by atoms with Crippen LogP contribution in [0.5, 0.6) is 5.75 Å². The van der Waals surface area contributed by atoms with Crippen LogP contribution in [0.15, 0.2) is 30.3 Å². The molecule has 1 aromatic heterocycles. The van der Waals surface area contributed by atoms with Gasteiger partial charge in [-0.05, 0) is 62.8 Å². The lowest BCUT2D eigenvalue weighted by Crippen LogP contribution is -2.44. The third-order valence-corrected chi connectivity index (χ3v) is 8.40. The van der Waals surface area contributed by atoms with Gasteiger partial charge < -0.3 is 15.4 Å². The Kier molecular flexibility index (Phi) is 8.02. The first kappa shape index (κ1) is 28.3. The quantitative estimate of drug-likeness (QED) is 0.519. The van der Waals surface area contributed by atoms with E-state index in [-0.39, 0.29) is 36.2 Å². The number of benzene rings is 1. The summed E-state index contributed by atoms with van der Waals surface area (Å²) in [6, 6.07) is 7.31. The monoisotopic (exact) mass is 547 g/mol. The van der Waals surface area contributed by atoms with Gasteiger partial charge in [0.05, 0.1) is 17.9 Å². The fourth-order valence-electron chi connectivity index (χ4n) is 5.22. The van der Waals surface area contributed by atoms with E-state index < -0.39 is 21.9 Å². The van der Waals surface area contributed by atoms with Crippen molar-refractivity contribution < 1.29 is 22.3 Å². The second-order valence-corrected chi connectivity index (χ2v) is 13.2. The van der Waals surface area contributed by atoms with E-state index in [9.17, 15) is 17.6 Å². The number of carbonyl (C=O) groups is 1. The molecule has 2 aromatic rings. The Balaban J connectivity index is 1.73. The number of aromatic nitrogens is 1. The van der Waals surface area contributed by atoms with Gasteiger partial charge in [-0.3, -0.25) is 4.79 Å². The van der Waals surface area contributed by atoms with Gasteiger partial charge in [-0.25, -0.2) is 14.1 Å². The highest BCUT2D eigenvalue weighted by Crippen LogP contribution is 2.38. The number of rotatable bonds is 8. The van der Waals surface area contributed by atoms with Gasteiger partial charge in [0.15, 0.2) is 0 Å². The lowest BCUT2D eigenvalue weighted by Gasteiger charge is -2.34. The Hall–Kier alpha value is -2.76. The number of halogens is 1. The molecule has 0 saturated carbocycles. The molecule has 208 valence electrons. The minimum Gasteiger partial charge on any atom is -0.493 e. The van der Waals surface area contributed by atoms with Crippen molar-refractivity contribution in [2.45, 2.75) is 59.0 Å². The van der Waals surface area contributed by atoms with Gasteiger partial charge in [0.1, 0.15) is 17.4 Å². The molecule has 2 fully saturated rings. The Morgan fingerprint density at radius 1 is 1.26 bits per heavy atom. The van der Waals surface area contributed by atoms with Gasteiger partial charge in [0.2, 0.25) is 0 Å². The SMILES string of the molecule is CC(C)COc1cc(F)cc(-c2ccc(C(=O)NS(=O)(=O)N3CCC(N)C3)c(N3C[C@@H](C)CC3(C)C)n2)c1. The second kappa shape index (κ2) is 10.8. The standard InChI is InChI=1S/C27H38FN5O4S/c1-17(2)16-37-22-11-19(10-20(28)12-22)24-7-6-23(25(30-24)33-14-18(3)13-27(33,4)5)26(34)31-38(35,36)32-9-8-21(29)15-32/h6-7,10-12,17-18,21H,8-9,13-16,29H2,1-5H3,(H,31,34)/t18-,21?/m0/s1. The average molecular weight is 548 g/mol. The lowest BCUT2D eigenvalue weighted by molar-refractivity contribution is 0.0979. The van der Waals surface area contributed by atoms with E-state index in [2.05, 4.69) is 25.5 Å². The first-order valence-corrected chi connectivity index (χ1v) is 14.5. The molecule has 0 bridgehead atoms. The topological polar surface area (TPSA) is 118 Å². The molecule has 11 heteroatoms. The highest BCUT2D eigenvalue weighted by Gasteiger charge is 2.40. The van der Waals surface area contributed by atoms with Crippen LogP contribution in [0.2, 0.25) is 0 Å². The number of carbonyl (C=O) groups excluding carboxylic acids is 1. The molecule has 4 rings (SSSR count). The van der Waals surface area contributed by atoms with Crippen LogP contribution in [0.4, 0.5) is 10.2 Å². The van der Waals surface area contributed by atoms with E-state index in [0.29, 0.717) is 48.3 Å². The van der Waals surface area contributed by atoms with Crippen molar-refractivity contribution in [3.8, 4) is 17.0 Å². The first-order valence-electron chi connectivity index (χ1n) is 13.1. The normalized spacial score (nSPS) is 21.7. The van der Waals surface area contributed by atoms with Crippen LogP contribution in [0.3, 0.4) is 0 Å². The summed E-state index contributed by atoms with van der Waals surface area (Å²) in [5, 5.41) is 0. The van der Waals surface area contributed by atoms with E-state index in [1.54, 1.807) is 18.2 Å². The summed E-state index contributed by atoms with van der Waals surface area (Å²) in [7, 11) is -4.07. The molecular weight excluding hydrogens is 509 g/mol. The third-order valence-electron chi connectivity index (χ3n) is 6.95. The van der Waals surface area contributed by atoms with Crippen LogP contribution in [-0.2, 0) is 10.2 Å². The predicted octanol–water partition coefficient (Wildman–Crippen LogP) is 3.55. The predicted molar refractivity (Wildman–Crippen MR) is 146 cm³/mol. The zero-order valence-electron chi connectivity index (χ0n) is 22.7. The maximum Gasteiger partial charge on any atom is 0.304 e. The van der Waals surface area contributed by atoms with E-state index >= 15 is 0 Å². The van der Waals surface area contributed by atoms with Crippen molar-refractivity contribution in [3.63, 3.8) is 0 Å². The third kappa shape index (κ3) is 6.27. The van der Waals surface area contributed by atoms with Crippen molar-refractivity contribution in [1.82, 2.24) is 14.0 Å². The number of ether oxygens (including phenoxy) is 1.